The third kappa shape index (κ3) is 5.12. The van der Waals surface area contributed by atoms with Crippen LogP contribution in [0.4, 0.5) is 0 Å². The van der Waals surface area contributed by atoms with E-state index in [0.717, 1.165) is 19.0 Å². The normalized spacial score (nSPS) is 29.4. The molecule has 1 aliphatic rings. The van der Waals surface area contributed by atoms with Gasteiger partial charge in [0.05, 0.1) is 13.4 Å². The van der Waals surface area contributed by atoms with Crippen LogP contribution in [0.5, 0.6) is 0 Å². The average molecular weight is 373 g/mol. The molecule has 1 unspecified atom stereocenters. The lowest BCUT2D eigenvalue weighted by Crippen LogP contribution is -1.92. The lowest BCUT2D eigenvalue weighted by molar-refractivity contribution is 0.888. The molecule has 0 bridgehead atoms. The monoisotopic (exact) mass is 371 g/mol. The van der Waals surface area contributed by atoms with Crippen molar-refractivity contribution in [3.63, 3.8) is 0 Å². The molecule has 0 aliphatic carbocycles. The fourth-order valence-corrected chi connectivity index (χ4v) is 18.8. The summed E-state index contributed by atoms with van der Waals surface area (Å²) in [6, 6.07) is 0. The Bertz CT molecular complexity index is 487. The summed E-state index contributed by atoms with van der Waals surface area (Å²) in [5.41, 5.74) is 0. The number of unbranched alkanes of at least 4 members (excludes halogenated alkanes) is 1. The van der Waals surface area contributed by atoms with E-state index in [1.54, 1.807) is 0 Å². The molecule has 17 heavy (non-hydrogen) atoms. The molecule has 1 aliphatic heterocycles. The van der Waals surface area contributed by atoms with Crippen LogP contribution in [0.1, 0.15) is 19.8 Å². The predicted molar refractivity (Wildman–Crippen MR) is 84.9 cm³/mol. The van der Waals surface area contributed by atoms with Gasteiger partial charge in [0.2, 0.25) is 0 Å². The van der Waals surface area contributed by atoms with E-state index in [1.165, 1.54) is 0 Å². The van der Waals surface area contributed by atoms with Gasteiger partial charge in [0, 0.05) is 6.16 Å². The van der Waals surface area contributed by atoms with Gasteiger partial charge in [0.25, 0.3) is 11.8 Å². The fourth-order valence-electron chi connectivity index (χ4n) is 1.37. The highest BCUT2D eigenvalue weighted by atomic mass is 35.9. The topological polar surface area (TPSA) is 37.1 Å². The Morgan fingerprint density at radius 3 is 2.12 bits per heavy atom. The number of terminal acetylenes is 1. The van der Waals surface area contributed by atoms with Crippen molar-refractivity contribution in [3.05, 3.63) is 0 Å². The number of nitrogens with zero attached hydrogens (tertiary/aromatic N) is 3. The first kappa shape index (κ1) is 16.5. The van der Waals surface area contributed by atoms with Crippen LogP contribution in [0.15, 0.2) is 13.5 Å². The van der Waals surface area contributed by atoms with Crippen molar-refractivity contribution < 1.29 is 0 Å². The van der Waals surface area contributed by atoms with Crippen molar-refractivity contribution >= 4 is 64.0 Å². The zero-order valence-electron chi connectivity index (χ0n) is 9.10. The Hall–Kier alpha value is 1.41. The average Bonchev–Trinajstić information content (AvgIpc) is 2.10. The molecule has 1 heterocycles. The highest BCUT2D eigenvalue weighted by Crippen LogP contribution is 2.85. The maximum atomic E-state index is 6.06. The van der Waals surface area contributed by atoms with E-state index in [1.807, 2.05) is 0 Å². The molecule has 0 spiro atoms. The summed E-state index contributed by atoms with van der Waals surface area (Å²) in [5.74, 6) is -3.04. The van der Waals surface area contributed by atoms with Gasteiger partial charge in [-0.3, -0.25) is 0 Å². The third-order valence-corrected chi connectivity index (χ3v) is 14.7. The highest BCUT2D eigenvalue weighted by Gasteiger charge is 2.32. The number of halogens is 4. The second kappa shape index (κ2) is 6.24. The summed E-state index contributed by atoms with van der Waals surface area (Å²) in [6.45, 7) is 2.08. The van der Waals surface area contributed by atoms with E-state index in [0.29, 0.717) is 6.16 Å². The summed E-state index contributed by atoms with van der Waals surface area (Å²) in [6.07, 6.45) is 8.50. The molecule has 1 rings (SSSR count). The molecule has 0 aromatic rings. The van der Waals surface area contributed by atoms with Crippen molar-refractivity contribution in [1.29, 1.82) is 0 Å². The van der Waals surface area contributed by atoms with Gasteiger partial charge in [0.1, 0.15) is 0 Å². The maximum absolute atomic E-state index is 6.06. The molecule has 0 aromatic heterocycles. The summed E-state index contributed by atoms with van der Waals surface area (Å²) in [7, 11) is -2.16. The van der Waals surface area contributed by atoms with E-state index in [4.69, 9.17) is 51.4 Å². The van der Waals surface area contributed by atoms with Crippen molar-refractivity contribution in [2.45, 2.75) is 19.8 Å². The van der Waals surface area contributed by atoms with Crippen LogP contribution in [0.25, 0.3) is 0 Å². The van der Waals surface area contributed by atoms with Crippen LogP contribution >= 0.6 is 64.0 Å². The summed E-state index contributed by atoms with van der Waals surface area (Å²) >= 11 is 24.2. The first-order valence-corrected chi connectivity index (χ1v) is 13.9. The van der Waals surface area contributed by atoms with Gasteiger partial charge in [-0.25, -0.2) is 9.03 Å². The molecule has 0 N–H and O–H groups in total. The molecule has 0 fully saturated rings. The summed E-state index contributed by atoms with van der Waals surface area (Å²) < 4.78 is 12.8. The zero-order valence-corrected chi connectivity index (χ0v) is 14.8. The Morgan fingerprint density at radius 1 is 1.06 bits per heavy atom. The van der Waals surface area contributed by atoms with Crippen LogP contribution in [-0.4, -0.2) is 12.3 Å². The van der Waals surface area contributed by atoms with Crippen LogP contribution < -0.4 is 0 Å². The lowest BCUT2D eigenvalue weighted by Gasteiger charge is -2.25. The van der Waals surface area contributed by atoms with Gasteiger partial charge >= 0.3 is 0 Å². The lowest BCUT2D eigenvalue weighted by atomic mass is 10.4. The van der Waals surface area contributed by atoms with Crippen LogP contribution in [0, 0.1) is 12.3 Å². The first-order valence-electron chi connectivity index (χ1n) is 4.86. The predicted octanol–water partition coefficient (Wildman–Crippen LogP) is 7.40. The molecule has 0 saturated heterocycles. The second-order valence-corrected chi connectivity index (χ2v) is 16.7. The molecule has 98 valence electrons. The molecule has 1 atom stereocenters. The van der Waals surface area contributed by atoms with Crippen LogP contribution in [0.3, 0.4) is 0 Å². The zero-order chi connectivity index (χ0) is 13.2. The standard InChI is InChI=1S/C7H12Cl4N3P3/c1-3-5-7-15(6-4-2)12-16(8,9)14-17(10,11)13-15/h2H,3,5-7H2,1H3. The summed E-state index contributed by atoms with van der Waals surface area (Å²) in [4.78, 5) is 0. The molecule has 0 aromatic carbocycles. The van der Waals surface area contributed by atoms with Crippen molar-refractivity contribution in [1.82, 2.24) is 0 Å². The Kier molecular flexibility index (Phi) is 6.04. The van der Waals surface area contributed by atoms with Gasteiger partial charge < -0.3 is 0 Å². The highest BCUT2D eigenvalue weighted by molar-refractivity contribution is 8.21. The van der Waals surface area contributed by atoms with E-state index in [-0.39, 0.29) is 0 Å². The third-order valence-electron chi connectivity index (χ3n) is 1.98. The number of rotatable bonds is 4. The first-order chi connectivity index (χ1) is 7.74. The van der Waals surface area contributed by atoms with E-state index < -0.39 is 19.0 Å². The molecule has 10 heteroatoms. The van der Waals surface area contributed by atoms with E-state index in [9.17, 15) is 0 Å². The van der Waals surface area contributed by atoms with Crippen LogP contribution in [-0.2, 0) is 0 Å². The van der Waals surface area contributed by atoms with Gasteiger partial charge in [-0.1, -0.05) is 19.3 Å². The van der Waals surface area contributed by atoms with Crippen molar-refractivity contribution in [2.24, 2.45) is 13.5 Å². The largest absolute Gasteiger partial charge is 0.255 e. The molecule has 0 radical (unpaired) electrons. The second-order valence-electron chi connectivity index (χ2n) is 3.50. The molecule has 3 nitrogen and oxygen atoms in total. The van der Waals surface area contributed by atoms with E-state index >= 15 is 0 Å². The Labute approximate surface area is 121 Å². The minimum atomic E-state index is -2.81. The van der Waals surface area contributed by atoms with Crippen molar-refractivity contribution in [3.8, 4) is 12.3 Å². The van der Waals surface area contributed by atoms with E-state index in [2.05, 4.69) is 26.4 Å². The van der Waals surface area contributed by atoms with Crippen LogP contribution in [0.2, 0.25) is 0 Å². The van der Waals surface area contributed by atoms with Gasteiger partial charge in [-0.15, -0.1) is 6.42 Å². The maximum Gasteiger partial charge on any atom is 0.255 e. The summed E-state index contributed by atoms with van der Waals surface area (Å²) in [5, 5.41) is 0. The fraction of sp³-hybridized carbons (Fsp3) is 0.714. The molecular weight excluding hydrogens is 361 g/mol. The molecule has 0 amide bonds. The minimum Gasteiger partial charge on any atom is -0.212 e. The Balaban J connectivity index is 3.33. The quantitative estimate of drug-likeness (QED) is 0.364. The smallest absolute Gasteiger partial charge is 0.212 e. The number of hydrogen-bond donors (Lipinski definition) is 0. The number of hydrogen-bond acceptors (Lipinski definition) is 3. The van der Waals surface area contributed by atoms with Gasteiger partial charge in [-0.05, 0) is 51.4 Å². The molecule has 0 saturated carbocycles. The Morgan fingerprint density at radius 2 is 1.65 bits per heavy atom. The minimum absolute atomic E-state index is 0.408. The van der Waals surface area contributed by atoms with Gasteiger partial charge in [-0.2, -0.15) is 4.52 Å². The van der Waals surface area contributed by atoms with Crippen molar-refractivity contribution in [2.75, 3.05) is 12.3 Å². The molecular formula is C7H12Cl4N3P3. The van der Waals surface area contributed by atoms with Gasteiger partial charge in [0.15, 0.2) is 0 Å². The SMILES string of the molecule is C#CCP1(CCCC)=NP(Cl)(Cl)=NP(Cl)(Cl)=N1.